The van der Waals surface area contributed by atoms with E-state index in [2.05, 4.69) is 36.3 Å². The summed E-state index contributed by atoms with van der Waals surface area (Å²) in [6, 6.07) is 0. The van der Waals surface area contributed by atoms with Gasteiger partial charge in [0, 0.05) is 13.1 Å². The molecule has 0 radical (unpaired) electrons. The number of hydrogen-bond donors (Lipinski definition) is 0. The zero-order valence-corrected chi connectivity index (χ0v) is 7.17. The molecule has 0 atom stereocenters. The monoisotopic (exact) mass is 139 g/mol. The zero-order chi connectivity index (χ0) is 7.82. The van der Waals surface area contributed by atoms with Gasteiger partial charge in [0.15, 0.2) is 0 Å². The van der Waals surface area contributed by atoms with Crippen LogP contribution in [-0.4, -0.2) is 25.0 Å². The van der Waals surface area contributed by atoms with Crippen LogP contribution in [0.4, 0.5) is 0 Å². The van der Waals surface area contributed by atoms with E-state index >= 15 is 0 Å². The highest BCUT2D eigenvalue weighted by Gasteiger charge is 1.87. The predicted octanol–water partition coefficient (Wildman–Crippen LogP) is 2.07. The maximum absolute atomic E-state index is 2.25. The van der Waals surface area contributed by atoms with E-state index in [9.17, 15) is 0 Å². The summed E-state index contributed by atoms with van der Waals surface area (Å²) >= 11 is 0. The minimum atomic E-state index is 1.04. The van der Waals surface area contributed by atoms with E-state index in [1.807, 2.05) is 13.8 Å². The van der Waals surface area contributed by atoms with Gasteiger partial charge in [-0.3, -0.25) is 4.90 Å². The molecule has 0 aromatic carbocycles. The van der Waals surface area contributed by atoms with Gasteiger partial charge >= 0.3 is 0 Å². The van der Waals surface area contributed by atoms with E-state index in [1.165, 1.54) is 0 Å². The number of nitrogens with zero attached hydrogens (tertiary/aromatic N) is 1. The first-order chi connectivity index (χ1) is 4.81. The van der Waals surface area contributed by atoms with Crippen molar-refractivity contribution in [2.45, 2.75) is 13.8 Å². The van der Waals surface area contributed by atoms with Gasteiger partial charge in [0.1, 0.15) is 0 Å². The molecular formula is C9H17N. The smallest absolute Gasteiger partial charge is 0.0163 e. The zero-order valence-electron chi connectivity index (χ0n) is 7.17. The van der Waals surface area contributed by atoms with Gasteiger partial charge in [0.2, 0.25) is 0 Å². The summed E-state index contributed by atoms with van der Waals surface area (Å²) in [5.41, 5.74) is 0. The minimum absolute atomic E-state index is 1.04. The second kappa shape index (κ2) is 6.56. The average molecular weight is 139 g/mol. The van der Waals surface area contributed by atoms with Gasteiger partial charge in [-0.25, -0.2) is 0 Å². The summed E-state index contributed by atoms with van der Waals surface area (Å²) in [6.45, 7) is 6.18. The Hall–Kier alpha value is -0.560. The molecule has 0 saturated heterocycles. The summed E-state index contributed by atoms with van der Waals surface area (Å²) in [6.07, 6.45) is 8.46. The lowest BCUT2D eigenvalue weighted by Gasteiger charge is -2.09. The van der Waals surface area contributed by atoms with Crippen molar-refractivity contribution in [2.24, 2.45) is 0 Å². The topological polar surface area (TPSA) is 3.24 Å². The Morgan fingerprint density at radius 3 is 1.70 bits per heavy atom. The molecule has 0 saturated carbocycles. The molecule has 58 valence electrons. The average Bonchev–Trinajstić information content (AvgIpc) is 1.97. The molecule has 0 aromatic heterocycles. The lowest BCUT2D eigenvalue weighted by atomic mass is 10.4. The van der Waals surface area contributed by atoms with E-state index in [0.29, 0.717) is 0 Å². The second-order valence-corrected chi connectivity index (χ2v) is 2.36. The molecule has 0 N–H and O–H groups in total. The molecule has 0 rings (SSSR count). The third-order valence-electron chi connectivity index (χ3n) is 1.31. The van der Waals surface area contributed by atoms with E-state index in [0.717, 1.165) is 13.1 Å². The third-order valence-corrected chi connectivity index (χ3v) is 1.31. The largest absolute Gasteiger partial charge is 0.299 e. The first kappa shape index (κ1) is 9.44. The van der Waals surface area contributed by atoms with Gasteiger partial charge in [0.05, 0.1) is 0 Å². The minimum Gasteiger partial charge on any atom is -0.299 e. The van der Waals surface area contributed by atoms with E-state index in [1.54, 1.807) is 0 Å². The van der Waals surface area contributed by atoms with Crippen LogP contribution in [0, 0.1) is 0 Å². The molecule has 1 heteroatoms. The summed E-state index contributed by atoms with van der Waals surface area (Å²) < 4.78 is 0. The van der Waals surface area contributed by atoms with Gasteiger partial charge < -0.3 is 0 Å². The van der Waals surface area contributed by atoms with Crippen molar-refractivity contribution in [3.05, 3.63) is 24.3 Å². The second-order valence-electron chi connectivity index (χ2n) is 2.36. The third kappa shape index (κ3) is 5.57. The number of likely N-dealkylation sites (N-methyl/N-ethyl adjacent to an activating group) is 1. The molecule has 0 amide bonds. The molecule has 10 heavy (non-hydrogen) atoms. The summed E-state index contributed by atoms with van der Waals surface area (Å²) in [5.74, 6) is 0. The van der Waals surface area contributed by atoms with E-state index < -0.39 is 0 Å². The molecule has 0 aliphatic carbocycles. The predicted molar refractivity (Wildman–Crippen MR) is 47.1 cm³/mol. The standard InChI is InChI=1S/C9H17N/c1-4-6-8-10(3)9-7-5-2/h4-7H,8-9H2,1-3H3/b6-4+,7-5+. The highest BCUT2D eigenvalue weighted by atomic mass is 15.1. The van der Waals surface area contributed by atoms with Crippen molar-refractivity contribution in [3.63, 3.8) is 0 Å². The van der Waals surface area contributed by atoms with Gasteiger partial charge in [-0.1, -0.05) is 24.3 Å². The molecule has 0 unspecified atom stereocenters. The first-order valence-corrected chi connectivity index (χ1v) is 3.72. The maximum Gasteiger partial charge on any atom is 0.0163 e. The Morgan fingerprint density at radius 2 is 1.40 bits per heavy atom. The molecule has 0 aromatic rings. The van der Waals surface area contributed by atoms with Gasteiger partial charge in [-0.15, -0.1) is 0 Å². The molecule has 0 fully saturated rings. The van der Waals surface area contributed by atoms with Gasteiger partial charge in [-0.05, 0) is 20.9 Å². The fraction of sp³-hybridized carbons (Fsp3) is 0.556. The van der Waals surface area contributed by atoms with Crippen LogP contribution >= 0.6 is 0 Å². The molecule has 0 aliphatic rings. The first-order valence-electron chi connectivity index (χ1n) is 3.72. The lowest BCUT2D eigenvalue weighted by molar-refractivity contribution is 0.412. The molecule has 1 nitrogen and oxygen atoms in total. The van der Waals surface area contributed by atoms with Gasteiger partial charge in [-0.2, -0.15) is 0 Å². The van der Waals surface area contributed by atoms with Crippen LogP contribution in [0.3, 0.4) is 0 Å². The highest BCUT2D eigenvalue weighted by molar-refractivity contribution is 4.85. The van der Waals surface area contributed by atoms with Crippen molar-refractivity contribution in [1.29, 1.82) is 0 Å². The molecule has 0 aliphatic heterocycles. The molecule has 0 bridgehead atoms. The Kier molecular flexibility index (Phi) is 6.19. The number of allylic oxidation sites excluding steroid dienone is 2. The lowest BCUT2D eigenvalue weighted by Crippen LogP contribution is -2.17. The van der Waals surface area contributed by atoms with Crippen LogP contribution < -0.4 is 0 Å². The summed E-state index contributed by atoms with van der Waals surface area (Å²) in [5, 5.41) is 0. The van der Waals surface area contributed by atoms with Crippen molar-refractivity contribution >= 4 is 0 Å². The quantitative estimate of drug-likeness (QED) is 0.539. The number of hydrogen-bond acceptors (Lipinski definition) is 1. The van der Waals surface area contributed by atoms with Crippen LogP contribution in [0.1, 0.15) is 13.8 Å². The van der Waals surface area contributed by atoms with E-state index in [-0.39, 0.29) is 0 Å². The fourth-order valence-electron chi connectivity index (χ4n) is 0.645. The molecular weight excluding hydrogens is 122 g/mol. The Bertz CT molecular complexity index is 99.9. The fourth-order valence-corrected chi connectivity index (χ4v) is 0.645. The van der Waals surface area contributed by atoms with Crippen LogP contribution in [-0.2, 0) is 0 Å². The van der Waals surface area contributed by atoms with Crippen molar-refractivity contribution in [2.75, 3.05) is 20.1 Å². The van der Waals surface area contributed by atoms with Crippen LogP contribution in [0.2, 0.25) is 0 Å². The summed E-state index contributed by atoms with van der Waals surface area (Å²) in [7, 11) is 2.11. The summed E-state index contributed by atoms with van der Waals surface area (Å²) in [4.78, 5) is 2.25. The Balaban J connectivity index is 3.33. The molecule has 0 heterocycles. The van der Waals surface area contributed by atoms with Crippen molar-refractivity contribution in [1.82, 2.24) is 4.90 Å². The number of rotatable bonds is 4. The normalized spacial score (nSPS) is 12.4. The molecule has 0 spiro atoms. The van der Waals surface area contributed by atoms with Crippen LogP contribution in [0.25, 0.3) is 0 Å². The Morgan fingerprint density at radius 1 is 1.00 bits per heavy atom. The van der Waals surface area contributed by atoms with Crippen LogP contribution in [0.5, 0.6) is 0 Å². The SMILES string of the molecule is C/C=C/CN(C)C/C=C/C. The van der Waals surface area contributed by atoms with E-state index in [4.69, 9.17) is 0 Å². The van der Waals surface area contributed by atoms with Crippen LogP contribution in [0.15, 0.2) is 24.3 Å². The highest BCUT2D eigenvalue weighted by Crippen LogP contribution is 1.84. The van der Waals surface area contributed by atoms with Gasteiger partial charge in [0.25, 0.3) is 0 Å². The van der Waals surface area contributed by atoms with Crippen molar-refractivity contribution < 1.29 is 0 Å². The van der Waals surface area contributed by atoms with Crippen molar-refractivity contribution in [3.8, 4) is 0 Å². The maximum atomic E-state index is 2.25. The Labute approximate surface area is 64.0 Å².